The highest BCUT2D eigenvalue weighted by Gasteiger charge is 2.25. The predicted molar refractivity (Wildman–Crippen MR) is 89.0 cm³/mol. The number of rotatable bonds is 4. The maximum atomic E-state index is 3.59. The van der Waals surface area contributed by atoms with E-state index in [1.165, 1.54) is 29.8 Å². The van der Waals surface area contributed by atoms with Gasteiger partial charge in [-0.05, 0) is 50.9 Å². The number of benzene rings is 1. The van der Waals surface area contributed by atoms with Crippen LogP contribution in [0.5, 0.6) is 0 Å². The molecule has 1 saturated heterocycles. The second kappa shape index (κ2) is 6.49. The average Bonchev–Trinajstić information content (AvgIpc) is 2.40. The Hall–Kier alpha value is -1.22. The Balaban J connectivity index is 2.14. The average molecular weight is 275 g/mol. The molecule has 1 aliphatic heterocycles. The van der Waals surface area contributed by atoms with Gasteiger partial charge >= 0.3 is 0 Å². The number of anilines is 2. The normalized spacial score (nSPS) is 22.9. The Kier molecular flexibility index (Phi) is 4.92. The summed E-state index contributed by atoms with van der Waals surface area (Å²) in [4.78, 5) is 4.76. The molecule has 0 bridgehead atoms. The third-order valence-corrected chi connectivity index (χ3v) is 4.38. The summed E-state index contributed by atoms with van der Waals surface area (Å²) in [6.45, 7) is 8.94. The highest BCUT2D eigenvalue weighted by molar-refractivity contribution is 5.63. The van der Waals surface area contributed by atoms with Gasteiger partial charge in [0.05, 0.1) is 0 Å². The van der Waals surface area contributed by atoms with Crippen LogP contribution in [0.1, 0.15) is 32.3 Å². The molecule has 1 aromatic carbocycles. The second-order valence-electron chi connectivity index (χ2n) is 6.19. The van der Waals surface area contributed by atoms with Gasteiger partial charge in [0.2, 0.25) is 0 Å². The van der Waals surface area contributed by atoms with Crippen molar-refractivity contribution in [2.45, 2.75) is 45.7 Å². The lowest BCUT2D eigenvalue weighted by Gasteiger charge is -2.40. The Labute approximate surface area is 124 Å². The fourth-order valence-corrected chi connectivity index (χ4v) is 3.29. The van der Waals surface area contributed by atoms with Crippen LogP contribution in [0.4, 0.5) is 11.4 Å². The van der Waals surface area contributed by atoms with Crippen molar-refractivity contribution in [3.8, 4) is 0 Å². The molecule has 1 N–H and O–H groups in total. The first-order valence-corrected chi connectivity index (χ1v) is 7.81. The summed E-state index contributed by atoms with van der Waals surface area (Å²) in [5.41, 5.74) is 4.03. The van der Waals surface area contributed by atoms with E-state index >= 15 is 0 Å². The van der Waals surface area contributed by atoms with Gasteiger partial charge in [-0.15, -0.1) is 0 Å². The molecule has 112 valence electrons. The summed E-state index contributed by atoms with van der Waals surface area (Å²) >= 11 is 0. The molecule has 0 aromatic heterocycles. The molecule has 2 atom stereocenters. The Bertz CT molecular complexity index is 442. The van der Waals surface area contributed by atoms with Crippen molar-refractivity contribution in [3.63, 3.8) is 0 Å². The minimum absolute atomic E-state index is 0.602. The summed E-state index contributed by atoms with van der Waals surface area (Å²) in [5.74, 6) is 0. The number of nitrogens with zero attached hydrogens (tertiary/aromatic N) is 2. The summed E-state index contributed by atoms with van der Waals surface area (Å²) in [6.07, 6.45) is 2.47. The molecule has 20 heavy (non-hydrogen) atoms. The number of nitrogens with one attached hydrogen (secondary N) is 1. The number of aryl methyl sites for hydroxylation is 1. The zero-order chi connectivity index (χ0) is 14.7. The highest BCUT2D eigenvalue weighted by atomic mass is 15.2. The quantitative estimate of drug-likeness (QED) is 0.911. The lowest BCUT2D eigenvalue weighted by molar-refractivity contribution is 0.374. The maximum Gasteiger partial charge on any atom is 0.0411 e. The molecule has 1 heterocycles. The molecule has 1 aliphatic rings. The SMILES string of the molecule is CCNC1CCN(c2ccc(C)c(N(C)C)c2)C(C)C1. The van der Waals surface area contributed by atoms with Crippen LogP contribution in [-0.2, 0) is 0 Å². The van der Waals surface area contributed by atoms with Gasteiger partial charge in [0.1, 0.15) is 0 Å². The molecule has 0 radical (unpaired) electrons. The van der Waals surface area contributed by atoms with Crippen LogP contribution >= 0.6 is 0 Å². The summed E-state index contributed by atoms with van der Waals surface area (Å²) < 4.78 is 0. The second-order valence-corrected chi connectivity index (χ2v) is 6.19. The van der Waals surface area contributed by atoms with E-state index in [2.05, 4.69) is 68.2 Å². The first-order valence-electron chi connectivity index (χ1n) is 7.81. The van der Waals surface area contributed by atoms with E-state index < -0.39 is 0 Å². The molecule has 0 amide bonds. The molecule has 0 saturated carbocycles. The first kappa shape index (κ1) is 15.2. The van der Waals surface area contributed by atoms with Gasteiger partial charge < -0.3 is 15.1 Å². The monoisotopic (exact) mass is 275 g/mol. The third kappa shape index (κ3) is 3.26. The lowest BCUT2D eigenvalue weighted by Crippen LogP contribution is -2.47. The van der Waals surface area contributed by atoms with Crippen LogP contribution in [0, 0.1) is 6.92 Å². The van der Waals surface area contributed by atoms with Gasteiger partial charge in [-0.3, -0.25) is 0 Å². The number of hydrogen-bond acceptors (Lipinski definition) is 3. The minimum atomic E-state index is 0.602. The lowest BCUT2D eigenvalue weighted by atomic mass is 9.97. The molecule has 2 unspecified atom stereocenters. The van der Waals surface area contributed by atoms with E-state index in [9.17, 15) is 0 Å². The smallest absolute Gasteiger partial charge is 0.0411 e. The fraction of sp³-hybridized carbons (Fsp3) is 0.647. The van der Waals surface area contributed by atoms with Crippen LogP contribution in [0.2, 0.25) is 0 Å². The van der Waals surface area contributed by atoms with Crippen LogP contribution < -0.4 is 15.1 Å². The predicted octanol–water partition coefficient (Wildman–Crippen LogP) is 3.03. The van der Waals surface area contributed by atoms with Gasteiger partial charge in [-0.2, -0.15) is 0 Å². The van der Waals surface area contributed by atoms with Gasteiger partial charge in [0.25, 0.3) is 0 Å². The molecular formula is C17H29N3. The van der Waals surface area contributed by atoms with E-state index in [1.807, 2.05) is 0 Å². The minimum Gasteiger partial charge on any atom is -0.377 e. The third-order valence-electron chi connectivity index (χ3n) is 4.38. The Morgan fingerprint density at radius 1 is 1.35 bits per heavy atom. The molecule has 1 fully saturated rings. The molecule has 1 aromatic rings. The molecule has 3 nitrogen and oxygen atoms in total. The van der Waals surface area contributed by atoms with Crippen LogP contribution in [0.25, 0.3) is 0 Å². The van der Waals surface area contributed by atoms with E-state index in [0.717, 1.165) is 13.1 Å². The van der Waals surface area contributed by atoms with Crippen LogP contribution in [-0.4, -0.2) is 39.3 Å². The number of piperidine rings is 1. The van der Waals surface area contributed by atoms with Crippen molar-refractivity contribution in [1.29, 1.82) is 0 Å². The Morgan fingerprint density at radius 3 is 2.70 bits per heavy atom. The highest BCUT2D eigenvalue weighted by Crippen LogP contribution is 2.29. The van der Waals surface area contributed by atoms with Gasteiger partial charge in [0, 0.05) is 44.1 Å². The van der Waals surface area contributed by atoms with Crippen molar-refractivity contribution in [3.05, 3.63) is 23.8 Å². The van der Waals surface area contributed by atoms with E-state index in [4.69, 9.17) is 0 Å². The summed E-state index contributed by atoms with van der Waals surface area (Å²) in [6, 6.07) is 8.13. The van der Waals surface area contributed by atoms with Gasteiger partial charge in [-0.25, -0.2) is 0 Å². The first-order chi connectivity index (χ1) is 9.52. The maximum absolute atomic E-state index is 3.59. The topological polar surface area (TPSA) is 18.5 Å². The van der Waals surface area contributed by atoms with Gasteiger partial charge in [-0.1, -0.05) is 13.0 Å². The van der Waals surface area contributed by atoms with Crippen molar-refractivity contribution in [2.24, 2.45) is 0 Å². The summed E-state index contributed by atoms with van der Waals surface area (Å²) in [7, 11) is 4.24. The van der Waals surface area contributed by atoms with Crippen molar-refractivity contribution >= 4 is 11.4 Å². The molecule has 0 spiro atoms. The zero-order valence-corrected chi connectivity index (χ0v) is 13.6. The molecule has 3 heteroatoms. The van der Waals surface area contributed by atoms with Crippen molar-refractivity contribution in [2.75, 3.05) is 37.0 Å². The summed E-state index contributed by atoms with van der Waals surface area (Å²) in [5, 5.41) is 3.59. The zero-order valence-electron chi connectivity index (χ0n) is 13.6. The van der Waals surface area contributed by atoms with Crippen LogP contribution in [0.15, 0.2) is 18.2 Å². The van der Waals surface area contributed by atoms with Crippen molar-refractivity contribution < 1.29 is 0 Å². The largest absolute Gasteiger partial charge is 0.377 e. The van der Waals surface area contributed by atoms with E-state index in [-0.39, 0.29) is 0 Å². The van der Waals surface area contributed by atoms with Crippen molar-refractivity contribution in [1.82, 2.24) is 5.32 Å². The van der Waals surface area contributed by atoms with Crippen LogP contribution in [0.3, 0.4) is 0 Å². The Morgan fingerprint density at radius 2 is 2.10 bits per heavy atom. The molecular weight excluding hydrogens is 246 g/mol. The number of hydrogen-bond donors (Lipinski definition) is 1. The van der Waals surface area contributed by atoms with E-state index in [0.29, 0.717) is 12.1 Å². The molecule has 2 rings (SSSR count). The van der Waals surface area contributed by atoms with Gasteiger partial charge in [0.15, 0.2) is 0 Å². The standard InChI is InChI=1S/C17H29N3/c1-6-18-15-9-10-20(14(3)11-15)16-8-7-13(2)17(12-16)19(4)5/h7-8,12,14-15,18H,6,9-11H2,1-5H3. The van der Waals surface area contributed by atoms with E-state index in [1.54, 1.807) is 0 Å². The fourth-order valence-electron chi connectivity index (χ4n) is 3.29. The molecule has 0 aliphatic carbocycles.